The molecule has 2 rings (SSSR count). The van der Waals surface area contributed by atoms with Crippen LogP contribution >= 0.6 is 0 Å². The average molecular weight is 301 g/mol. The van der Waals surface area contributed by atoms with Gasteiger partial charge in [-0.05, 0) is 31.5 Å². The highest BCUT2D eigenvalue weighted by molar-refractivity contribution is 5.94. The lowest BCUT2D eigenvalue weighted by molar-refractivity contribution is -0.0999. The average Bonchev–Trinajstić information content (AvgIpc) is 2.41. The molecule has 0 spiro atoms. The molecule has 0 aromatic heterocycles. The van der Waals surface area contributed by atoms with Crippen molar-refractivity contribution < 1.29 is 28.5 Å². The van der Waals surface area contributed by atoms with Gasteiger partial charge in [-0.25, -0.2) is 0 Å². The monoisotopic (exact) mass is 301 g/mol. The maximum atomic E-state index is 12.3. The molecule has 1 aromatic rings. The molecule has 0 bridgehead atoms. The van der Waals surface area contributed by atoms with Crippen LogP contribution < -0.4 is 4.74 Å². The number of alkyl halides is 2. The summed E-state index contributed by atoms with van der Waals surface area (Å²) in [6, 6.07) is 5.49. The summed E-state index contributed by atoms with van der Waals surface area (Å²) in [6.45, 7) is -1.17. The minimum Gasteiger partial charge on any atom is -0.435 e. The summed E-state index contributed by atoms with van der Waals surface area (Å²) in [6.07, 6.45) is -0.802. The molecular formula is C14H17F2NO4. The predicted octanol–water partition coefficient (Wildman–Crippen LogP) is 1.25. The number of hydrogen-bond acceptors (Lipinski definition) is 4. The summed E-state index contributed by atoms with van der Waals surface area (Å²) in [5, 5.41) is 19.7. The Balaban J connectivity index is 2.10. The zero-order chi connectivity index (χ0) is 15.6. The Hall–Kier alpha value is -1.73. The van der Waals surface area contributed by atoms with Gasteiger partial charge in [-0.1, -0.05) is 6.07 Å². The van der Waals surface area contributed by atoms with Crippen LogP contribution in [0.2, 0.25) is 0 Å². The van der Waals surface area contributed by atoms with Crippen LogP contribution in [-0.2, 0) is 0 Å². The third-order valence-corrected chi connectivity index (χ3v) is 3.59. The van der Waals surface area contributed by atoms with E-state index in [0.717, 1.165) is 0 Å². The predicted molar refractivity (Wildman–Crippen MR) is 70.2 cm³/mol. The maximum Gasteiger partial charge on any atom is 0.387 e. The zero-order valence-corrected chi connectivity index (χ0v) is 11.5. The minimum absolute atomic E-state index is 0.00817. The number of halogens is 2. The third kappa shape index (κ3) is 3.68. The molecule has 2 N–H and O–H groups in total. The van der Waals surface area contributed by atoms with Crippen LogP contribution in [0.5, 0.6) is 5.75 Å². The summed E-state index contributed by atoms with van der Waals surface area (Å²) in [5.74, 6) is -0.496. The fraction of sp³-hybridized carbons (Fsp3) is 0.500. The molecule has 0 radical (unpaired) electrons. The first-order chi connectivity index (χ1) is 9.79. The van der Waals surface area contributed by atoms with Crippen LogP contribution in [-0.4, -0.2) is 52.4 Å². The van der Waals surface area contributed by atoms with Crippen LogP contribution in [0, 0.1) is 0 Å². The van der Waals surface area contributed by atoms with Crippen LogP contribution in [0.25, 0.3) is 0 Å². The lowest BCUT2D eigenvalue weighted by atomic mass is 9.90. The third-order valence-electron chi connectivity index (χ3n) is 3.59. The van der Waals surface area contributed by atoms with E-state index in [1.807, 2.05) is 0 Å². The van der Waals surface area contributed by atoms with E-state index in [4.69, 9.17) is 0 Å². The lowest BCUT2D eigenvalue weighted by Crippen LogP contribution is -2.55. The topological polar surface area (TPSA) is 70.0 Å². The van der Waals surface area contributed by atoms with Gasteiger partial charge in [0.1, 0.15) is 5.75 Å². The van der Waals surface area contributed by atoms with Crippen LogP contribution in [0.1, 0.15) is 23.7 Å². The SMILES string of the molecule is C[C@]1(O)CCN(C(=O)c2cccc(OC(F)F)c2)C[C@@H]1O. The summed E-state index contributed by atoms with van der Waals surface area (Å²) in [5.41, 5.74) is -1.03. The normalized spacial score (nSPS) is 26.0. The van der Waals surface area contributed by atoms with Gasteiger partial charge in [0.05, 0.1) is 11.7 Å². The van der Waals surface area contributed by atoms with Crippen molar-refractivity contribution >= 4 is 5.91 Å². The van der Waals surface area contributed by atoms with E-state index in [-0.39, 0.29) is 30.8 Å². The zero-order valence-electron chi connectivity index (χ0n) is 11.5. The minimum atomic E-state index is -2.96. The van der Waals surface area contributed by atoms with Gasteiger partial charge in [-0.2, -0.15) is 8.78 Å². The van der Waals surface area contributed by atoms with Gasteiger partial charge in [0.15, 0.2) is 0 Å². The van der Waals surface area contributed by atoms with Crippen molar-refractivity contribution in [1.29, 1.82) is 0 Å². The number of β-amino-alcohol motifs (C(OH)–C–C–N with tert-alkyl or cyclic N) is 1. The van der Waals surface area contributed by atoms with E-state index in [2.05, 4.69) is 4.74 Å². The fourth-order valence-corrected chi connectivity index (χ4v) is 2.20. The summed E-state index contributed by atoms with van der Waals surface area (Å²) in [4.78, 5) is 13.7. The quantitative estimate of drug-likeness (QED) is 0.881. The Kier molecular flexibility index (Phi) is 4.43. The van der Waals surface area contributed by atoms with Gasteiger partial charge in [-0.3, -0.25) is 4.79 Å². The number of carbonyl (C=O) groups is 1. The van der Waals surface area contributed by atoms with Crippen molar-refractivity contribution in [2.45, 2.75) is 31.7 Å². The number of piperidine rings is 1. The Morgan fingerprint density at radius 1 is 1.52 bits per heavy atom. The van der Waals surface area contributed by atoms with Gasteiger partial charge in [0, 0.05) is 18.7 Å². The molecule has 0 saturated carbocycles. The highest BCUT2D eigenvalue weighted by Crippen LogP contribution is 2.24. The molecule has 1 fully saturated rings. The Morgan fingerprint density at radius 3 is 2.86 bits per heavy atom. The number of likely N-dealkylation sites (tertiary alicyclic amines) is 1. The molecular weight excluding hydrogens is 284 g/mol. The number of aliphatic hydroxyl groups excluding tert-OH is 1. The summed E-state index contributed by atoms with van der Waals surface area (Å²) in [7, 11) is 0. The van der Waals surface area contributed by atoms with Crippen LogP contribution in [0.4, 0.5) is 8.78 Å². The standard InChI is InChI=1S/C14H17F2NO4/c1-14(20)5-6-17(8-11(14)18)12(19)9-3-2-4-10(7-9)21-13(15)16/h2-4,7,11,13,18,20H,5-6,8H2,1H3/t11-,14-/m0/s1. The molecule has 0 unspecified atom stereocenters. The van der Waals surface area contributed by atoms with E-state index in [1.54, 1.807) is 0 Å². The Labute approximate surface area is 120 Å². The second-order valence-corrected chi connectivity index (χ2v) is 5.28. The second kappa shape index (κ2) is 5.95. The molecule has 1 amide bonds. The number of nitrogens with zero attached hydrogens (tertiary/aromatic N) is 1. The number of aliphatic hydroxyl groups is 2. The first-order valence-corrected chi connectivity index (χ1v) is 6.54. The number of benzene rings is 1. The first-order valence-electron chi connectivity index (χ1n) is 6.54. The Bertz CT molecular complexity index is 521. The highest BCUT2D eigenvalue weighted by Gasteiger charge is 2.38. The molecule has 1 aliphatic rings. The van der Waals surface area contributed by atoms with Gasteiger partial charge in [-0.15, -0.1) is 0 Å². The molecule has 1 aromatic carbocycles. The van der Waals surface area contributed by atoms with E-state index >= 15 is 0 Å². The van der Waals surface area contributed by atoms with Crippen molar-refractivity contribution in [2.24, 2.45) is 0 Å². The molecule has 1 aliphatic heterocycles. The van der Waals surface area contributed by atoms with Crippen molar-refractivity contribution in [1.82, 2.24) is 4.90 Å². The number of carbonyl (C=O) groups excluding carboxylic acids is 1. The lowest BCUT2D eigenvalue weighted by Gasteiger charge is -2.39. The van der Waals surface area contributed by atoms with Gasteiger partial charge in [0.2, 0.25) is 0 Å². The molecule has 116 valence electrons. The highest BCUT2D eigenvalue weighted by atomic mass is 19.3. The van der Waals surface area contributed by atoms with Crippen molar-refractivity contribution in [2.75, 3.05) is 13.1 Å². The smallest absolute Gasteiger partial charge is 0.387 e. The van der Waals surface area contributed by atoms with E-state index in [1.165, 1.54) is 36.1 Å². The van der Waals surface area contributed by atoms with Gasteiger partial charge < -0.3 is 19.8 Å². The molecule has 5 nitrogen and oxygen atoms in total. The molecule has 1 saturated heterocycles. The molecule has 1 heterocycles. The summed E-state index contributed by atoms with van der Waals surface area (Å²) < 4.78 is 28.6. The second-order valence-electron chi connectivity index (χ2n) is 5.28. The largest absolute Gasteiger partial charge is 0.435 e. The van der Waals surface area contributed by atoms with Gasteiger partial charge in [0.25, 0.3) is 5.91 Å². The van der Waals surface area contributed by atoms with E-state index in [9.17, 15) is 23.8 Å². The van der Waals surface area contributed by atoms with Crippen molar-refractivity contribution in [3.05, 3.63) is 29.8 Å². The van der Waals surface area contributed by atoms with Crippen LogP contribution in [0.3, 0.4) is 0 Å². The van der Waals surface area contributed by atoms with Crippen molar-refractivity contribution in [3.63, 3.8) is 0 Å². The molecule has 21 heavy (non-hydrogen) atoms. The van der Waals surface area contributed by atoms with E-state index in [0.29, 0.717) is 0 Å². The maximum absolute atomic E-state index is 12.3. The Morgan fingerprint density at radius 2 is 2.24 bits per heavy atom. The summed E-state index contributed by atoms with van der Waals surface area (Å²) >= 11 is 0. The molecule has 2 atom stereocenters. The van der Waals surface area contributed by atoms with Crippen LogP contribution in [0.15, 0.2) is 24.3 Å². The number of amides is 1. The van der Waals surface area contributed by atoms with E-state index < -0.39 is 24.2 Å². The number of ether oxygens (including phenoxy) is 1. The number of rotatable bonds is 3. The first kappa shape index (κ1) is 15.7. The number of hydrogen-bond donors (Lipinski definition) is 2. The van der Waals surface area contributed by atoms with Crippen molar-refractivity contribution in [3.8, 4) is 5.75 Å². The van der Waals surface area contributed by atoms with Gasteiger partial charge >= 0.3 is 6.61 Å². The fourth-order valence-electron chi connectivity index (χ4n) is 2.20. The molecule has 0 aliphatic carbocycles. The molecule has 7 heteroatoms.